The zero-order chi connectivity index (χ0) is 10.2. The number of methoxy groups -OCH3 is 1. The Hall–Kier alpha value is -0.630. The predicted octanol–water partition coefficient (Wildman–Crippen LogP) is 3.73. The van der Waals surface area contributed by atoms with E-state index in [2.05, 4.69) is 19.1 Å². The molecule has 1 nitrogen and oxygen atoms in total. The molecule has 2 heteroatoms. The highest BCUT2D eigenvalue weighted by Crippen LogP contribution is 2.17. The molecule has 0 fully saturated rings. The molecule has 1 rings (SSSR count). The van der Waals surface area contributed by atoms with Gasteiger partial charge in [0, 0.05) is 5.75 Å². The Morgan fingerprint density at radius 2 is 1.93 bits per heavy atom. The van der Waals surface area contributed by atoms with Crippen molar-refractivity contribution in [3.63, 3.8) is 0 Å². The van der Waals surface area contributed by atoms with E-state index < -0.39 is 0 Å². The fourth-order valence-corrected chi connectivity index (χ4v) is 2.22. The van der Waals surface area contributed by atoms with Crippen molar-refractivity contribution >= 4 is 11.8 Å². The zero-order valence-corrected chi connectivity index (χ0v) is 9.77. The van der Waals surface area contributed by atoms with Gasteiger partial charge in [0.1, 0.15) is 5.75 Å². The molecule has 1 aromatic carbocycles. The number of rotatable bonds is 6. The number of hydrogen-bond acceptors (Lipinski definition) is 2. The molecule has 0 aromatic heterocycles. The van der Waals surface area contributed by atoms with Gasteiger partial charge in [0.25, 0.3) is 0 Å². The minimum absolute atomic E-state index is 0.937. The molecule has 0 atom stereocenters. The standard InChI is InChI=1S/C12H18OS/c1-3-4-9-14-10-11-5-7-12(13-2)8-6-11/h5-8H,3-4,9-10H2,1-2H3. The Bertz CT molecular complexity index is 243. The molecule has 1 aromatic rings. The van der Waals surface area contributed by atoms with Crippen LogP contribution in [-0.4, -0.2) is 12.9 Å². The second-order valence-electron chi connectivity index (χ2n) is 3.25. The van der Waals surface area contributed by atoms with Crippen LogP contribution in [0.5, 0.6) is 5.75 Å². The van der Waals surface area contributed by atoms with Crippen LogP contribution in [0.3, 0.4) is 0 Å². The Kier molecular flexibility index (Phi) is 5.53. The van der Waals surface area contributed by atoms with Crippen LogP contribution < -0.4 is 4.74 Å². The van der Waals surface area contributed by atoms with E-state index in [-0.39, 0.29) is 0 Å². The second-order valence-corrected chi connectivity index (χ2v) is 4.36. The lowest BCUT2D eigenvalue weighted by Gasteiger charge is -2.03. The molecule has 0 bridgehead atoms. The molecule has 0 aliphatic rings. The smallest absolute Gasteiger partial charge is 0.118 e. The molecule has 0 amide bonds. The van der Waals surface area contributed by atoms with Crippen LogP contribution in [0.2, 0.25) is 0 Å². The summed E-state index contributed by atoms with van der Waals surface area (Å²) in [6.07, 6.45) is 2.61. The summed E-state index contributed by atoms with van der Waals surface area (Å²) in [5, 5.41) is 0. The van der Waals surface area contributed by atoms with Gasteiger partial charge >= 0.3 is 0 Å². The number of unbranched alkanes of at least 4 members (excludes halogenated alkanes) is 1. The van der Waals surface area contributed by atoms with Gasteiger partial charge in [0.05, 0.1) is 7.11 Å². The third kappa shape index (κ3) is 4.05. The van der Waals surface area contributed by atoms with Crippen molar-refractivity contribution < 1.29 is 4.74 Å². The summed E-state index contributed by atoms with van der Waals surface area (Å²) < 4.78 is 5.11. The highest BCUT2D eigenvalue weighted by molar-refractivity contribution is 7.98. The van der Waals surface area contributed by atoms with Crippen LogP contribution in [0.25, 0.3) is 0 Å². The Balaban J connectivity index is 2.29. The summed E-state index contributed by atoms with van der Waals surface area (Å²) in [6.45, 7) is 2.23. The van der Waals surface area contributed by atoms with E-state index in [0.717, 1.165) is 11.5 Å². The van der Waals surface area contributed by atoms with Crippen molar-refractivity contribution in [1.82, 2.24) is 0 Å². The predicted molar refractivity (Wildman–Crippen MR) is 64.1 cm³/mol. The lowest BCUT2D eigenvalue weighted by molar-refractivity contribution is 0.414. The molecule has 78 valence electrons. The van der Waals surface area contributed by atoms with Crippen LogP contribution in [-0.2, 0) is 5.75 Å². The number of ether oxygens (including phenoxy) is 1. The number of benzene rings is 1. The van der Waals surface area contributed by atoms with Gasteiger partial charge in [-0.2, -0.15) is 11.8 Å². The maximum atomic E-state index is 5.11. The van der Waals surface area contributed by atoms with Crippen molar-refractivity contribution in [2.75, 3.05) is 12.9 Å². The molecule has 0 unspecified atom stereocenters. The molecule has 0 saturated heterocycles. The van der Waals surface area contributed by atoms with Gasteiger partial charge in [-0.3, -0.25) is 0 Å². The largest absolute Gasteiger partial charge is 0.497 e. The zero-order valence-electron chi connectivity index (χ0n) is 8.95. The molecule has 0 radical (unpaired) electrons. The van der Waals surface area contributed by atoms with Crippen LogP contribution in [0.4, 0.5) is 0 Å². The lowest BCUT2D eigenvalue weighted by atomic mass is 10.2. The summed E-state index contributed by atoms with van der Waals surface area (Å²) in [5.74, 6) is 3.32. The first-order chi connectivity index (χ1) is 6.86. The van der Waals surface area contributed by atoms with Crippen LogP contribution in [0.15, 0.2) is 24.3 Å². The van der Waals surface area contributed by atoms with Gasteiger partial charge in [0.15, 0.2) is 0 Å². The van der Waals surface area contributed by atoms with Gasteiger partial charge in [-0.05, 0) is 29.9 Å². The highest BCUT2D eigenvalue weighted by Gasteiger charge is 1.94. The second kappa shape index (κ2) is 6.77. The first-order valence-corrected chi connectivity index (χ1v) is 6.23. The average Bonchev–Trinajstić information content (AvgIpc) is 2.25. The summed E-state index contributed by atoms with van der Waals surface area (Å²) in [5.41, 5.74) is 1.38. The van der Waals surface area contributed by atoms with E-state index in [9.17, 15) is 0 Å². The topological polar surface area (TPSA) is 9.23 Å². The van der Waals surface area contributed by atoms with Crippen molar-refractivity contribution in [3.8, 4) is 5.75 Å². The first-order valence-electron chi connectivity index (χ1n) is 5.07. The van der Waals surface area contributed by atoms with Gasteiger partial charge in [-0.15, -0.1) is 0 Å². The molecule has 14 heavy (non-hydrogen) atoms. The fourth-order valence-electron chi connectivity index (χ4n) is 1.16. The van der Waals surface area contributed by atoms with Crippen LogP contribution in [0.1, 0.15) is 25.3 Å². The van der Waals surface area contributed by atoms with Gasteiger partial charge < -0.3 is 4.74 Å². The van der Waals surface area contributed by atoms with E-state index in [1.165, 1.54) is 24.2 Å². The maximum absolute atomic E-state index is 5.11. The average molecular weight is 210 g/mol. The summed E-state index contributed by atoms with van der Waals surface area (Å²) in [4.78, 5) is 0. The molecule has 0 aliphatic carbocycles. The fraction of sp³-hybridized carbons (Fsp3) is 0.500. The highest BCUT2D eigenvalue weighted by atomic mass is 32.2. The number of hydrogen-bond donors (Lipinski definition) is 0. The SMILES string of the molecule is CCCCSCc1ccc(OC)cc1. The third-order valence-corrected chi connectivity index (χ3v) is 3.18. The third-order valence-electron chi connectivity index (χ3n) is 2.07. The van der Waals surface area contributed by atoms with Gasteiger partial charge in [-0.25, -0.2) is 0 Å². The quantitative estimate of drug-likeness (QED) is 0.662. The van der Waals surface area contributed by atoms with E-state index in [1.54, 1.807) is 7.11 Å². The van der Waals surface area contributed by atoms with Crippen molar-refractivity contribution in [2.45, 2.75) is 25.5 Å². The Morgan fingerprint density at radius 3 is 2.50 bits per heavy atom. The normalized spacial score (nSPS) is 10.1. The molecule has 0 heterocycles. The van der Waals surface area contributed by atoms with Crippen LogP contribution in [0, 0.1) is 0 Å². The summed E-state index contributed by atoms with van der Waals surface area (Å²) in [6, 6.07) is 8.32. The van der Waals surface area contributed by atoms with Crippen molar-refractivity contribution in [2.24, 2.45) is 0 Å². The Morgan fingerprint density at radius 1 is 1.21 bits per heavy atom. The van der Waals surface area contributed by atoms with Crippen LogP contribution >= 0.6 is 11.8 Å². The van der Waals surface area contributed by atoms with E-state index in [1.807, 2.05) is 23.9 Å². The molecular weight excluding hydrogens is 192 g/mol. The first kappa shape index (κ1) is 11.4. The van der Waals surface area contributed by atoms with E-state index >= 15 is 0 Å². The lowest BCUT2D eigenvalue weighted by Crippen LogP contribution is -1.85. The number of thioether (sulfide) groups is 1. The van der Waals surface area contributed by atoms with Crippen molar-refractivity contribution in [1.29, 1.82) is 0 Å². The molecule has 0 aliphatic heterocycles. The minimum atomic E-state index is 0.937. The maximum Gasteiger partial charge on any atom is 0.118 e. The van der Waals surface area contributed by atoms with E-state index in [4.69, 9.17) is 4.74 Å². The molecular formula is C12H18OS. The molecule has 0 spiro atoms. The molecule has 0 saturated carbocycles. The van der Waals surface area contributed by atoms with Gasteiger partial charge in [-0.1, -0.05) is 25.5 Å². The van der Waals surface area contributed by atoms with E-state index in [0.29, 0.717) is 0 Å². The minimum Gasteiger partial charge on any atom is -0.497 e. The summed E-state index contributed by atoms with van der Waals surface area (Å²) in [7, 11) is 1.70. The summed E-state index contributed by atoms with van der Waals surface area (Å²) >= 11 is 2.00. The molecule has 0 N–H and O–H groups in total. The Labute approximate surface area is 90.9 Å². The monoisotopic (exact) mass is 210 g/mol. The van der Waals surface area contributed by atoms with Crippen molar-refractivity contribution in [3.05, 3.63) is 29.8 Å². The van der Waals surface area contributed by atoms with Gasteiger partial charge in [0.2, 0.25) is 0 Å².